The Hall–Kier alpha value is -3.44. The molecule has 0 saturated carbocycles. The summed E-state index contributed by atoms with van der Waals surface area (Å²) >= 11 is 5.91. The van der Waals surface area contributed by atoms with Gasteiger partial charge in [-0.1, -0.05) is 42.0 Å². The average Bonchev–Trinajstić information content (AvgIpc) is 3.28. The van der Waals surface area contributed by atoms with E-state index in [1.165, 1.54) is 33.8 Å². The number of benzene rings is 2. The second-order valence-electron chi connectivity index (χ2n) is 8.71. The lowest BCUT2D eigenvalue weighted by Gasteiger charge is -2.29. The van der Waals surface area contributed by atoms with Crippen molar-refractivity contribution in [3.8, 4) is 5.69 Å². The number of aromatic nitrogens is 2. The van der Waals surface area contributed by atoms with Crippen LogP contribution in [0, 0.1) is 27.7 Å². The molecule has 0 unspecified atom stereocenters. The van der Waals surface area contributed by atoms with E-state index < -0.39 is 0 Å². The van der Waals surface area contributed by atoms with Crippen LogP contribution in [0.2, 0.25) is 0 Å². The summed E-state index contributed by atoms with van der Waals surface area (Å²) in [5.74, 6) is 0. The van der Waals surface area contributed by atoms with Gasteiger partial charge in [0.05, 0.1) is 17.8 Å². The minimum atomic E-state index is -0.0524. The Morgan fingerprint density at radius 3 is 2.15 bits per heavy atom. The van der Waals surface area contributed by atoms with Gasteiger partial charge in [0.25, 0.3) is 0 Å². The molecule has 1 saturated heterocycles. The monoisotopic (exact) mass is 452 g/mol. The number of pyridine rings is 1. The Bertz CT molecular complexity index is 1290. The first-order valence-corrected chi connectivity index (χ1v) is 11.7. The quantitative estimate of drug-likeness (QED) is 0.369. The molecule has 5 heteroatoms. The van der Waals surface area contributed by atoms with Crippen LogP contribution < -0.4 is 10.2 Å². The van der Waals surface area contributed by atoms with Crippen LogP contribution in [0.4, 0.5) is 5.69 Å². The minimum Gasteiger partial charge on any atom is -0.351 e. The number of rotatable bonds is 4. The van der Waals surface area contributed by atoms with Crippen molar-refractivity contribution in [3.63, 3.8) is 0 Å². The molecule has 0 aliphatic carbocycles. The molecule has 2 aromatic heterocycles. The largest absolute Gasteiger partial charge is 0.351 e. The van der Waals surface area contributed by atoms with Gasteiger partial charge in [-0.05, 0) is 81.9 Å². The van der Waals surface area contributed by atoms with Gasteiger partial charge in [0.1, 0.15) is 0 Å². The van der Waals surface area contributed by atoms with Crippen LogP contribution in [0.25, 0.3) is 5.69 Å². The number of para-hydroxylation sites is 1. The summed E-state index contributed by atoms with van der Waals surface area (Å²) in [5, 5.41) is 4.32. The highest BCUT2D eigenvalue weighted by Gasteiger charge is 2.43. The van der Waals surface area contributed by atoms with Crippen LogP contribution >= 0.6 is 12.2 Å². The van der Waals surface area contributed by atoms with E-state index in [-0.39, 0.29) is 12.1 Å². The summed E-state index contributed by atoms with van der Waals surface area (Å²) in [6, 6.07) is 25.2. The zero-order chi connectivity index (χ0) is 23.1. The van der Waals surface area contributed by atoms with Gasteiger partial charge >= 0.3 is 0 Å². The van der Waals surface area contributed by atoms with E-state index >= 15 is 0 Å². The summed E-state index contributed by atoms with van der Waals surface area (Å²) in [4.78, 5) is 6.97. The van der Waals surface area contributed by atoms with E-state index in [2.05, 4.69) is 103 Å². The summed E-state index contributed by atoms with van der Waals surface area (Å²) in [7, 11) is 0. The normalized spacial score (nSPS) is 17.9. The van der Waals surface area contributed by atoms with Gasteiger partial charge in [0.2, 0.25) is 0 Å². The van der Waals surface area contributed by atoms with Gasteiger partial charge in [-0.25, -0.2) is 0 Å². The second kappa shape index (κ2) is 8.49. The first kappa shape index (κ1) is 21.4. The third-order valence-electron chi connectivity index (χ3n) is 6.73. The van der Waals surface area contributed by atoms with Crippen LogP contribution in [0.3, 0.4) is 0 Å². The molecule has 1 N–H and O–H groups in total. The summed E-state index contributed by atoms with van der Waals surface area (Å²) in [5.41, 5.74) is 9.53. The average molecular weight is 453 g/mol. The maximum Gasteiger partial charge on any atom is 0.174 e. The van der Waals surface area contributed by atoms with Gasteiger partial charge in [-0.2, -0.15) is 0 Å². The number of nitrogens with zero attached hydrogens (tertiary/aromatic N) is 3. The van der Waals surface area contributed by atoms with E-state index in [4.69, 9.17) is 17.2 Å². The van der Waals surface area contributed by atoms with Crippen molar-refractivity contribution in [2.24, 2.45) is 0 Å². The van der Waals surface area contributed by atoms with Crippen LogP contribution in [0.5, 0.6) is 0 Å². The van der Waals surface area contributed by atoms with Crippen molar-refractivity contribution in [1.29, 1.82) is 0 Å². The lowest BCUT2D eigenvalue weighted by Crippen LogP contribution is -2.29. The lowest BCUT2D eigenvalue weighted by atomic mass is 9.93. The molecule has 2 atom stereocenters. The van der Waals surface area contributed by atoms with Crippen LogP contribution in [0.15, 0.2) is 79.0 Å². The smallest absolute Gasteiger partial charge is 0.174 e. The number of anilines is 1. The van der Waals surface area contributed by atoms with Gasteiger partial charge in [0.15, 0.2) is 5.11 Å². The fourth-order valence-corrected chi connectivity index (χ4v) is 5.38. The number of hydrogen-bond donors (Lipinski definition) is 1. The molecule has 0 bridgehead atoms. The molecule has 4 aromatic rings. The second-order valence-corrected chi connectivity index (χ2v) is 9.10. The SMILES string of the molecule is Cc1ccc(N2C(=S)N[C@@H](c3ccccn3)[C@@H]2c2c(C)c(C)n(-c3ccccc3)c2C)cc1. The summed E-state index contributed by atoms with van der Waals surface area (Å²) < 4.78 is 2.36. The highest BCUT2D eigenvalue weighted by molar-refractivity contribution is 7.80. The molecule has 4 nitrogen and oxygen atoms in total. The topological polar surface area (TPSA) is 33.1 Å². The van der Waals surface area contributed by atoms with Crippen molar-refractivity contribution >= 4 is 23.0 Å². The molecule has 0 amide bonds. The first-order valence-electron chi connectivity index (χ1n) is 11.3. The fourth-order valence-electron chi connectivity index (χ4n) is 5.04. The van der Waals surface area contributed by atoms with Crippen molar-refractivity contribution in [2.45, 2.75) is 39.8 Å². The Labute approximate surface area is 200 Å². The molecule has 3 heterocycles. The van der Waals surface area contributed by atoms with Gasteiger partial charge < -0.3 is 14.8 Å². The van der Waals surface area contributed by atoms with Gasteiger partial charge in [0, 0.05) is 34.5 Å². The Balaban J connectivity index is 1.72. The fraction of sp³-hybridized carbons (Fsp3) is 0.214. The molecule has 0 spiro atoms. The molecule has 166 valence electrons. The van der Waals surface area contributed by atoms with Crippen molar-refractivity contribution in [2.75, 3.05) is 4.90 Å². The molecule has 33 heavy (non-hydrogen) atoms. The molecule has 1 aliphatic rings. The number of nitrogens with one attached hydrogen (secondary N) is 1. The Morgan fingerprint density at radius 1 is 0.788 bits per heavy atom. The first-order chi connectivity index (χ1) is 16.0. The van der Waals surface area contributed by atoms with E-state index in [1.54, 1.807) is 0 Å². The van der Waals surface area contributed by atoms with E-state index in [1.807, 2.05) is 18.3 Å². The van der Waals surface area contributed by atoms with E-state index in [0.29, 0.717) is 0 Å². The highest BCUT2D eigenvalue weighted by atomic mass is 32.1. The molecular formula is C28H28N4S. The number of hydrogen-bond acceptors (Lipinski definition) is 2. The molecular weight excluding hydrogens is 424 g/mol. The van der Waals surface area contributed by atoms with Crippen LogP contribution in [0.1, 0.15) is 45.9 Å². The number of thiocarbonyl (C=S) groups is 1. The van der Waals surface area contributed by atoms with E-state index in [0.717, 1.165) is 16.5 Å². The Kier molecular flexibility index (Phi) is 5.51. The highest BCUT2D eigenvalue weighted by Crippen LogP contribution is 2.45. The van der Waals surface area contributed by atoms with Gasteiger partial charge in [-0.15, -0.1) is 0 Å². The molecule has 5 rings (SSSR count). The zero-order valence-corrected chi connectivity index (χ0v) is 20.2. The predicted molar refractivity (Wildman–Crippen MR) is 139 cm³/mol. The summed E-state index contributed by atoms with van der Waals surface area (Å²) in [6.45, 7) is 8.75. The summed E-state index contributed by atoms with van der Waals surface area (Å²) in [6.07, 6.45) is 1.85. The third kappa shape index (κ3) is 3.62. The maximum absolute atomic E-state index is 5.91. The lowest BCUT2D eigenvalue weighted by molar-refractivity contribution is 0.563. The number of aryl methyl sites for hydroxylation is 1. The van der Waals surface area contributed by atoms with Crippen LogP contribution in [-0.2, 0) is 0 Å². The minimum absolute atomic E-state index is 0.0150. The van der Waals surface area contributed by atoms with E-state index in [9.17, 15) is 0 Å². The molecule has 1 fully saturated rings. The molecule has 2 aromatic carbocycles. The predicted octanol–water partition coefficient (Wildman–Crippen LogP) is 6.28. The zero-order valence-electron chi connectivity index (χ0n) is 19.4. The molecule has 1 aliphatic heterocycles. The maximum atomic E-state index is 5.91. The third-order valence-corrected chi connectivity index (χ3v) is 7.04. The van der Waals surface area contributed by atoms with Gasteiger partial charge in [-0.3, -0.25) is 4.98 Å². The van der Waals surface area contributed by atoms with Crippen molar-refractivity contribution in [3.05, 3.63) is 113 Å². The molecule has 0 radical (unpaired) electrons. The standard InChI is InChI=1S/C28H28N4S/c1-18-13-15-23(16-14-18)32-27(26(30-28(32)33)24-12-8-9-17-29-24)25-19(2)20(3)31(21(25)4)22-10-6-5-7-11-22/h5-17,26-27H,1-4H3,(H,30,33)/t26-,27-/m0/s1. The van der Waals surface area contributed by atoms with Crippen molar-refractivity contribution in [1.82, 2.24) is 14.9 Å². The van der Waals surface area contributed by atoms with Crippen molar-refractivity contribution < 1.29 is 0 Å². The van der Waals surface area contributed by atoms with Crippen LogP contribution in [-0.4, -0.2) is 14.7 Å². The Morgan fingerprint density at radius 2 is 1.48 bits per heavy atom.